The zero-order valence-electron chi connectivity index (χ0n) is 8.27. The zero-order valence-corrected chi connectivity index (χ0v) is 9.09. The van der Waals surface area contributed by atoms with Gasteiger partial charge in [0.25, 0.3) is 16.6 Å². The van der Waals surface area contributed by atoms with E-state index >= 15 is 0 Å². The number of rotatable bonds is 4. The molecule has 1 aliphatic carbocycles. The van der Waals surface area contributed by atoms with E-state index in [4.69, 9.17) is 9.66 Å². The van der Waals surface area contributed by atoms with E-state index in [0.29, 0.717) is 0 Å². The van der Waals surface area contributed by atoms with Crippen molar-refractivity contribution in [1.29, 1.82) is 0 Å². The van der Waals surface area contributed by atoms with Gasteiger partial charge in [-0.05, 0) is 19.3 Å². The molecule has 0 aromatic carbocycles. The highest BCUT2D eigenvalue weighted by Crippen LogP contribution is 2.31. The van der Waals surface area contributed by atoms with Crippen molar-refractivity contribution < 1.29 is 32.4 Å². The van der Waals surface area contributed by atoms with Crippen LogP contribution in [0.15, 0.2) is 0 Å². The van der Waals surface area contributed by atoms with Crippen molar-refractivity contribution in [1.82, 2.24) is 0 Å². The van der Waals surface area contributed by atoms with Crippen molar-refractivity contribution in [2.24, 2.45) is 5.92 Å². The van der Waals surface area contributed by atoms with Crippen LogP contribution in [0.1, 0.15) is 19.3 Å². The highest BCUT2D eigenvalue weighted by atomic mass is 32.2. The summed E-state index contributed by atoms with van der Waals surface area (Å²) in [6.07, 6.45) is -0.503. The summed E-state index contributed by atoms with van der Waals surface area (Å²) in [4.78, 5) is 20.9. The molecular formula is C8H12O7S. The summed E-state index contributed by atoms with van der Waals surface area (Å²) in [6, 6.07) is 0. The molecule has 3 unspecified atom stereocenters. The second-order valence-corrected chi connectivity index (χ2v) is 5.30. The number of ether oxygens (including phenoxy) is 1. The third kappa shape index (κ3) is 2.92. The largest absolute Gasteiger partial charge is 0.481 e. The number of hydrogen-bond acceptors (Lipinski definition) is 5. The SMILES string of the molecule is O=COC1CCC(S(=O)(=O)O)C(C(=O)O)C1. The second kappa shape index (κ2) is 4.79. The van der Waals surface area contributed by atoms with Crippen LogP contribution in [-0.2, 0) is 24.4 Å². The molecule has 92 valence electrons. The van der Waals surface area contributed by atoms with Gasteiger partial charge in [0.15, 0.2) is 0 Å². The molecule has 7 nitrogen and oxygen atoms in total. The van der Waals surface area contributed by atoms with Crippen LogP contribution in [0.3, 0.4) is 0 Å². The van der Waals surface area contributed by atoms with Gasteiger partial charge in [0.2, 0.25) is 0 Å². The first-order valence-corrected chi connectivity index (χ1v) is 6.14. The molecule has 0 aliphatic heterocycles. The molecule has 3 atom stereocenters. The van der Waals surface area contributed by atoms with Gasteiger partial charge < -0.3 is 9.84 Å². The Morgan fingerprint density at radius 1 is 1.38 bits per heavy atom. The van der Waals surface area contributed by atoms with Crippen LogP contribution >= 0.6 is 0 Å². The zero-order chi connectivity index (χ0) is 12.3. The van der Waals surface area contributed by atoms with E-state index < -0.39 is 33.4 Å². The van der Waals surface area contributed by atoms with E-state index in [1.807, 2.05) is 0 Å². The van der Waals surface area contributed by atoms with Crippen LogP contribution < -0.4 is 0 Å². The summed E-state index contributed by atoms with van der Waals surface area (Å²) < 4.78 is 35.4. The molecule has 8 heteroatoms. The molecular weight excluding hydrogens is 240 g/mol. The van der Waals surface area contributed by atoms with E-state index in [0.717, 1.165) is 0 Å². The summed E-state index contributed by atoms with van der Waals surface area (Å²) in [7, 11) is -4.38. The molecule has 0 bridgehead atoms. The Morgan fingerprint density at radius 3 is 2.44 bits per heavy atom. The highest BCUT2D eigenvalue weighted by Gasteiger charge is 2.42. The van der Waals surface area contributed by atoms with Gasteiger partial charge in [-0.3, -0.25) is 14.1 Å². The Morgan fingerprint density at radius 2 is 2.00 bits per heavy atom. The Kier molecular flexibility index (Phi) is 3.87. The summed E-state index contributed by atoms with van der Waals surface area (Å²) >= 11 is 0. The molecule has 2 N–H and O–H groups in total. The van der Waals surface area contributed by atoms with Crippen molar-refractivity contribution in [3.63, 3.8) is 0 Å². The summed E-state index contributed by atoms with van der Waals surface area (Å²) in [6.45, 7) is 0.206. The molecule has 0 spiro atoms. The molecule has 0 aromatic rings. The molecule has 16 heavy (non-hydrogen) atoms. The molecule has 1 saturated carbocycles. The highest BCUT2D eigenvalue weighted by molar-refractivity contribution is 7.86. The third-order valence-corrected chi connectivity index (χ3v) is 4.02. The van der Waals surface area contributed by atoms with E-state index in [1.54, 1.807) is 0 Å². The summed E-state index contributed by atoms with van der Waals surface area (Å²) in [5.41, 5.74) is 0. The van der Waals surface area contributed by atoms with Crippen molar-refractivity contribution in [2.75, 3.05) is 0 Å². The Hall–Kier alpha value is -1.15. The van der Waals surface area contributed by atoms with Gasteiger partial charge in [-0.1, -0.05) is 0 Å². The van der Waals surface area contributed by atoms with Crippen molar-refractivity contribution in [2.45, 2.75) is 30.6 Å². The lowest BCUT2D eigenvalue weighted by Crippen LogP contribution is -2.42. The number of hydrogen-bond donors (Lipinski definition) is 2. The number of carboxylic acid groups (broad SMARTS) is 1. The third-order valence-electron chi connectivity index (χ3n) is 2.69. The Labute approximate surface area is 92.1 Å². The minimum Gasteiger partial charge on any atom is -0.481 e. The van der Waals surface area contributed by atoms with Gasteiger partial charge in [-0.25, -0.2) is 0 Å². The van der Waals surface area contributed by atoms with Gasteiger partial charge in [-0.2, -0.15) is 8.42 Å². The Balaban J connectivity index is 2.83. The van der Waals surface area contributed by atoms with Crippen LogP contribution in [0, 0.1) is 5.92 Å². The minimum absolute atomic E-state index is 0.0334. The molecule has 0 amide bonds. The lowest BCUT2D eigenvalue weighted by molar-refractivity contribution is -0.147. The average Bonchev–Trinajstić information content (AvgIpc) is 2.16. The average molecular weight is 252 g/mol. The molecule has 0 radical (unpaired) electrons. The number of aliphatic carboxylic acids is 1. The van der Waals surface area contributed by atoms with Gasteiger partial charge in [0, 0.05) is 0 Å². The lowest BCUT2D eigenvalue weighted by Gasteiger charge is -2.30. The summed E-state index contributed by atoms with van der Waals surface area (Å²) in [5.74, 6) is -2.56. The Bertz CT molecular complexity index is 374. The second-order valence-electron chi connectivity index (χ2n) is 3.67. The standard InChI is InChI=1S/C8H12O7S/c9-4-15-5-1-2-7(16(12,13)14)6(3-5)8(10)11/h4-7H,1-3H2,(H,10,11)(H,12,13,14). The lowest BCUT2D eigenvalue weighted by atomic mass is 9.87. The van der Waals surface area contributed by atoms with E-state index in [9.17, 15) is 18.0 Å². The maximum Gasteiger partial charge on any atom is 0.308 e. The maximum absolute atomic E-state index is 10.9. The van der Waals surface area contributed by atoms with E-state index in [1.165, 1.54) is 0 Å². The molecule has 1 rings (SSSR count). The first kappa shape index (κ1) is 12.9. The van der Waals surface area contributed by atoms with Gasteiger partial charge in [0.05, 0.1) is 5.92 Å². The molecule has 0 aromatic heterocycles. The summed E-state index contributed by atoms with van der Waals surface area (Å²) in [5, 5.41) is 7.52. The molecule has 1 fully saturated rings. The number of carbonyl (C=O) groups is 2. The quantitative estimate of drug-likeness (QED) is 0.519. The maximum atomic E-state index is 10.9. The fourth-order valence-electron chi connectivity index (χ4n) is 1.92. The van der Waals surface area contributed by atoms with Crippen molar-refractivity contribution in [3.8, 4) is 0 Å². The first-order valence-electron chi connectivity index (χ1n) is 4.64. The predicted molar refractivity (Wildman–Crippen MR) is 51.3 cm³/mol. The van der Waals surface area contributed by atoms with Crippen molar-refractivity contribution >= 4 is 22.6 Å². The molecule has 0 heterocycles. The van der Waals surface area contributed by atoms with Crippen LogP contribution in [0.4, 0.5) is 0 Å². The minimum atomic E-state index is -4.38. The van der Waals surface area contributed by atoms with E-state index in [-0.39, 0.29) is 25.7 Å². The smallest absolute Gasteiger partial charge is 0.308 e. The fourth-order valence-corrected chi connectivity index (χ4v) is 3.00. The van der Waals surface area contributed by atoms with Gasteiger partial charge >= 0.3 is 5.97 Å². The molecule has 1 aliphatic rings. The van der Waals surface area contributed by atoms with Gasteiger partial charge in [0.1, 0.15) is 11.4 Å². The fraction of sp³-hybridized carbons (Fsp3) is 0.750. The van der Waals surface area contributed by atoms with Gasteiger partial charge in [-0.15, -0.1) is 0 Å². The number of carbonyl (C=O) groups excluding carboxylic acids is 1. The van der Waals surface area contributed by atoms with Crippen LogP contribution in [0.5, 0.6) is 0 Å². The van der Waals surface area contributed by atoms with Crippen LogP contribution in [0.2, 0.25) is 0 Å². The van der Waals surface area contributed by atoms with E-state index in [2.05, 4.69) is 4.74 Å². The predicted octanol–water partition coefficient (Wildman–Crippen LogP) is -0.331. The van der Waals surface area contributed by atoms with Crippen LogP contribution in [0.25, 0.3) is 0 Å². The first-order chi connectivity index (χ1) is 7.36. The van der Waals surface area contributed by atoms with Crippen molar-refractivity contribution in [3.05, 3.63) is 0 Å². The van der Waals surface area contributed by atoms with Crippen LogP contribution in [-0.4, -0.2) is 41.9 Å². The monoisotopic (exact) mass is 252 g/mol. The number of carboxylic acids is 1. The normalized spacial score (nSPS) is 30.7. The topological polar surface area (TPSA) is 118 Å². The molecule has 0 saturated heterocycles.